The predicted molar refractivity (Wildman–Crippen MR) is 115 cm³/mol. The van der Waals surface area contributed by atoms with Gasteiger partial charge in [0, 0.05) is 17.4 Å². The number of alkyl halides is 3. The number of carbonyl (C=O) groups is 1. The van der Waals surface area contributed by atoms with Crippen LogP contribution in [-0.2, 0) is 28.7 Å². The predicted octanol–water partition coefficient (Wildman–Crippen LogP) is 3.36. The van der Waals surface area contributed by atoms with E-state index in [1.54, 1.807) is 6.92 Å². The van der Waals surface area contributed by atoms with Gasteiger partial charge in [0.2, 0.25) is 11.7 Å². The monoisotopic (exact) mass is 479 g/mol. The van der Waals surface area contributed by atoms with Crippen molar-refractivity contribution >= 4 is 22.9 Å². The third-order valence-electron chi connectivity index (χ3n) is 5.49. The van der Waals surface area contributed by atoms with Crippen LogP contribution in [0.15, 0.2) is 29.1 Å². The molecule has 4 rings (SSSR count). The Morgan fingerprint density at radius 1 is 1.26 bits per heavy atom. The summed E-state index contributed by atoms with van der Waals surface area (Å²) in [5.74, 6) is -1.61. The maximum Gasteiger partial charge on any atom is 0.419 e. The van der Waals surface area contributed by atoms with Crippen LogP contribution in [0.5, 0.6) is 0 Å². The van der Waals surface area contributed by atoms with Crippen molar-refractivity contribution < 1.29 is 27.1 Å². The molecule has 0 aliphatic carbocycles. The van der Waals surface area contributed by atoms with E-state index in [0.717, 1.165) is 10.1 Å². The molecule has 1 amide bonds. The number of halogens is 4. The number of aromatic nitrogens is 4. The summed E-state index contributed by atoms with van der Waals surface area (Å²) in [4.78, 5) is 29.8. The molecule has 0 unspecified atom stereocenters. The van der Waals surface area contributed by atoms with Gasteiger partial charge in [-0.25, -0.2) is 4.39 Å². The van der Waals surface area contributed by atoms with Gasteiger partial charge in [-0.05, 0) is 43.0 Å². The third-order valence-corrected chi connectivity index (χ3v) is 5.49. The Bertz CT molecular complexity index is 1360. The fourth-order valence-corrected chi connectivity index (χ4v) is 3.73. The van der Waals surface area contributed by atoms with Crippen molar-refractivity contribution in [3.63, 3.8) is 0 Å². The second-order valence-electron chi connectivity index (χ2n) is 7.81. The molecule has 3 aromatic rings. The van der Waals surface area contributed by atoms with Crippen LogP contribution in [0.4, 0.5) is 23.2 Å². The summed E-state index contributed by atoms with van der Waals surface area (Å²) in [6.07, 6.45) is -2.04. The number of nitrogens with zero attached hydrogens (tertiary/aromatic N) is 4. The Balaban J connectivity index is 1.67. The van der Waals surface area contributed by atoms with Crippen molar-refractivity contribution in [2.45, 2.75) is 39.4 Å². The molecule has 0 atom stereocenters. The topological polar surface area (TPSA) is 90.5 Å². The first-order chi connectivity index (χ1) is 16.1. The standard InChI is InChI=1S/C22H21F4N5O3/c1-3-14-9-19(33)31-21(28-20(29-31)13-4-6-34-7-5-13)30(14)11-18(32)27-17-10-16(23)15(8-12(17)2)22(24,25)26/h4,8-10H,3,5-7,11H2,1-2H3,(H,27,32). The largest absolute Gasteiger partial charge is 0.419 e. The highest BCUT2D eigenvalue weighted by Gasteiger charge is 2.34. The van der Waals surface area contributed by atoms with Gasteiger partial charge in [-0.2, -0.15) is 22.7 Å². The molecule has 2 aromatic heterocycles. The Labute approximate surface area is 190 Å². The fraction of sp³-hybridized carbons (Fsp3) is 0.364. The van der Waals surface area contributed by atoms with Crippen LogP contribution in [0.1, 0.15) is 36.0 Å². The lowest BCUT2D eigenvalue weighted by Crippen LogP contribution is -2.26. The lowest BCUT2D eigenvalue weighted by Gasteiger charge is -2.15. The third kappa shape index (κ3) is 4.58. The molecule has 0 radical (unpaired) electrons. The second-order valence-corrected chi connectivity index (χ2v) is 7.81. The molecule has 1 aliphatic heterocycles. The lowest BCUT2D eigenvalue weighted by atomic mass is 10.1. The fourth-order valence-electron chi connectivity index (χ4n) is 3.73. The molecule has 0 spiro atoms. The van der Waals surface area contributed by atoms with Crippen LogP contribution in [-0.4, -0.2) is 38.3 Å². The quantitative estimate of drug-likeness (QED) is 0.567. The summed E-state index contributed by atoms with van der Waals surface area (Å²) in [6, 6.07) is 2.64. The van der Waals surface area contributed by atoms with Gasteiger partial charge in [0.15, 0.2) is 5.82 Å². The molecule has 180 valence electrons. The van der Waals surface area contributed by atoms with E-state index in [2.05, 4.69) is 15.4 Å². The van der Waals surface area contributed by atoms with Crippen LogP contribution < -0.4 is 10.9 Å². The number of ether oxygens (including phenoxy) is 1. The lowest BCUT2D eigenvalue weighted by molar-refractivity contribution is -0.140. The van der Waals surface area contributed by atoms with Crippen molar-refractivity contribution in [2.75, 3.05) is 18.5 Å². The number of aryl methyl sites for hydroxylation is 2. The van der Waals surface area contributed by atoms with E-state index in [1.807, 2.05) is 6.08 Å². The van der Waals surface area contributed by atoms with Crippen molar-refractivity contribution in [3.8, 4) is 0 Å². The summed E-state index contributed by atoms with van der Waals surface area (Å²) in [5, 5.41) is 6.73. The van der Waals surface area contributed by atoms with Gasteiger partial charge < -0.3 is 14.6 Å². The minimum absolute atomic E-state index is 0.0547. The van der Waals surface area contributed by atoms with E-state index in [1.165, 1.54) is 17.6 Å². The first kappa shape index (κ1) is 23.6. The number of hydrogen-bond acceptors (Lipinski definition) is 5. The van der Waals surface area contributed by atoms with Gasteiger partial charge in [-0.3, -0.25) is 9.59 Å². The van der Waals surface area contributed by atoms with Gasteiger partial charge in [-0.1, -0.05) is 13.0 Å². The molecule has 12 heteroatoms. The zero-order chi connectivity index (χ0) is 24.6. The van der Waals surface area contributed by atoms with E-state index < -0.39 is 29.0 Å². The van der Waals surface area contributed by atoms with E-state index in [4.69, 9.17) is 4.74 Å². The normalized spacial score (nSPS) is 14.4. The van der Waals surface area contributed by atoms with Crippen LogP contribution in [0.2, 0.25) is 0 Å². The molecule has 34 heavy (non-hydrogen) atoms. The Morgan fingerprint density at radius 2 is 2.03 bits per heavy atom. The summed E-state index contributed by atoms with van der Waals surface area (Å²) in [6.45, 7) is 3.73. The van der Waals surface area contributed by atoms with Gasteiger partial charge in [-0.15, -0.1) is 5.10 Å². The number of benzene rings is 1. The first-order valence-corrected chi connectivity index (χ1v) is 10.5. The zero-order valence-corrected chi connectivity index (χ0v) is 18.4. The highest BCUT2D eigenvalue weighted by molar-refractivity contribution is 5.91. The number of nitrogens with one attached hydrogen (secondary N) is 1. The van der Waals surface area contributed by atoms with E-state index in [9.17, 15) is 27.2 Å². The summed E-state index contributed by atoms with van der Waals surface area (Å²) in [5.41, 5.74) is -0.506. The minimum Gasteiger partial charge on any atom is -0.377 e. The summed E-state index contributed by atoms with van der Waals surface area (Å²) >= 11 is 0. The minimum atomic E-state index is -4.85. The molecule has 8 nitrogen and oxygen atoms in total. The van der Waals surface area contributed by atoms with Crippen molar-refractivity contribution in [1.29, 1.82) is 0 Å². The molecule has 0 bridgehead atoms. The van der Waals surface area contributed by atoms with Gasteiger partial charge in [0.25, 0.3) is 5.56 Å². The van der Waals surface area contributed by atoms with Gasteiger partial charge >= 0.3 is 6.18 Å². The van der Waals surface area contributed by atoms with E-state index in [-0.39, 0.29) is 23.6 Å². The molecule has 1 N–H and O–H groups in total. The van der Waals surface area contributed by atoms with Crippen LogP contribution in [0.3, 0.4) is 0 Å². The Kier molecular flexibility index (Phi) is 6.26. The molecule has 0 fully saturated rings. The molecular weight excluding hydrogens is 458 g/mol. The summed E-state index contributed by atoms with van der Waals surface area (Å²) < 4.78 is 60.7. The SMILES string of the molecule is CCc1cc(=O)n2nc(C3=CCOCC3)nc2n1CC(=O)Nc1cc(F)c(C(F)(F)F)cc1C. The molecule has 0 saturated carbocycles. The first-order valence-electron chi connectivity index (χ1n) is 10.5. The zero-order valence-electron chi connectivity index (χ0n) is 18.4. The highest BCUT2D eigenvalue weighted by atomic mass is 19.4. The number of hydrogen-bond donors (Lipinski definition) is 1. The average molecular weight is 479 g/mol. The van der Waals surface area contributed by atoms with Crippen molar-refractivity contribution in [3.05, 3.63) is 63.1 Å². The average Bonchev–Trinajstić information content (AvgIpc) is 3.24. The number of amides is 1. The van der Waals surface area contributed by atoms with Crippen molar-refractivity contribution in [2.24, 2.45) is 0 Å². The molecule has 0 saturated heterocycles. The van der Waals surface area contributed by atoms with E-state index >= 15 is 0 Å². The second kappa shape index (κ2) is 9.01. The molecule has 1 aliphatic rings. The van der Waals surface area contributed by atoms with Gasteiger partial charge in [0.1, 0.15) is 12.4 Å². The maximum absolute atomic E-state index is 14.0. The number of carbonyl (C=O) groups excluding carboxylic acids is 1. The molecule has 3 heterocycles. The maximum atomic E-state index is 14.0. The number of rotatable bonds is 5. The highest BCUT2D eigenvalue weighted by Crippen LogP contribution is 2.34. The van der Waals surface area contributed by atoms with Crippen LogP contribution in [0.25, 0.3) is 11.4 Å². The van der Waals surface area contributed by atoms with Gasteiger partial charge in [0.05, 0.1) is 18.8 Å². The Hall–Kier alpha value is -3.54. The molecule has 1 aromatic carbocycles. The Morgan fingerprint density at radius 3 is 2.68 bits per heavy atom. The molecular formula is C22H21F4N5O3. The number of anilines is 1. The van der Waals surface area contributed by atoms with Crippen LogP contribution in [0, 0.1) is 12.7 Å². The van der Waals surface area contributed by atoms with Crippen LogP contribution >= 0.6 is 0 Å². The summed E-state index contributed by atoms with van der Waals surface area (Å²) in [7, 11) is 0. The van der Waals surface area contributed by atoms with Crippen molar-refractivity contribution in [1.82, 2.24) is 19.2 Å². The van der Waals surface area contributed by atoms with E-state index in [0.29, 0.717) is 49.7 Å². The smallest absolute Gasteiger partial charge is 0.377 e. The number of fused-ring (bicyclic) bond motifs is 1.